The minimum atomic E-state index is 0.323. The van der Waals surface area contributed by atoms with Crippen LogP contribution in [0.2, 0.25) is 0 Å². The van der Waals surface area contributed by atoms with Gasteiger partial charge in [0.2, 0.25) is 0 Å². The van der Waals surface area contributed by atoms with E-state index in [2.05, 4.69) is 4.98 Å². The van der Waals surface area contributed by atoms with E-state index in [9.17, 15) is 0 Å². The fourth-order valence-electron chi connectivity index (χ4n) is 1.45. The summed E-state index contributed by atoms with van der Waals surface area (Å²) in [6.07, 6.45) is 3.75. The van der Waals surface area contributed by atoms with Crippen LogP contribution in [-0.4, -0.2) is 10.1 Å². The number of aromatic hydroxyl groups is 1. The van der Waals surface area contributed by atoms with E-state index in [1.54, 1.807) is 12.1 Å². The second kappa shape index (κ2) is 5.03. The maximum atomic E-state index is 9.13. The van der Waals surface area contributed by atoms with Gasteiger partial charge in [-0.3, -0.25) is 0 Å². The van der Waals surface area contributed by atoms with Crippen molar-refractivity contribution in [3.8, 4) is 5.75 Å². The Bertz CT molecular complexity index is 526. The summed E-state index contributed by atoms with van der Waals surface area (Å²) >= 11 is 0. The molecule has 0 bridgehead atoms. The Labute approximate surface area is 94.2 Å². The van der Waals surface area contributed by atoms with Crippen LogP contribution in [0.1, 0.15) is 0 Å². The Kier molecular flexibility index (Phi) is 3.24. The number of rotatable bonds is 0. The summed E-state index contributed by atoms with van der Waals surface area (Å²) in [6, 6.07) is 17.2. The lowest BCUT2D eigenvalue weighted by Gasteiger charge is -1.96. The second-order valence-electron chi connectivity index (χ2n) is 3.42. The molecule has 0 amide bonds. The number of aromatic amines is 1. The topological polar surface area (TPSA) is 36.0 Å². The lowest BCUT2D eigenvalue weighted by Crippen LogP contribution is -1.69. The van der Waals surface area contributed by atoms with Crippen molar-refractivity contribution in [3.63, 3.8) is 0 Å². The third-order valence-electron chi connectivity index (χ3n) is 2.23. The number of hydrogen-bond acceptors (Lipinski definition) is 1. The molecule has 0 saturated carbocycles. The van der Waals surface area contributed by atoms with Crippen LogP contribution < -0.4 is 0 Å². The standard InChI is InChI=1S/C10H8O.C4H5N/c11-10-6-5-8-3-1-2-4-9(8)7-10;1-2-4-5-3-1/h1-7,11H;1-5H. The molecule has 0 spiro atoms. The van der Waals surface area contributed by atoms with Gasteiger partial charge in [0.1, 0.15) is 5.75 Å². The lowest BCUT2D eigenvalue weighted by molar-refractivity contribution is 0.476. The van der Waals surface area contributed by atoms with Crippen molar-refractivity contribution in [1.82, 2.24) is 4.98 Å². The summed E-state index contributed by atoms with van der Waals surface area (Å²) in [4.78, 5) is 2.86. The smallest absolute Gasteiger partial charge is 0.116 e. The number of nitrogens with one attached hydrogen (secondary N) is 1. The van der Waals surface area contributed by atoms with Crippen LogP contribution in [0, 0.1) is 0 Å². The van der Waals surface area contributed by atoms with Crippen LogP contribution in [0.25, 0.3) is 10.8 Å². The molecule has 0 aliphatic carbocycles. The zero-order valence-electron chi connectivity index (χ0n) is 8.80. The zero-order chi connectivity index (χ0) is 11.2. The largest absolute Gasteiger partial charge is 0.508 e. The minimum absolute atomic E-state index is 0.323. The van der Waals surface area contributed by atoms with Gasteiger partial charge in [-0.2, -0.15) is 0 Å². The first-order valence-corrected chi connectivity index (χ1v) is 5.12. The van der Waals surface area contributed by atoms with Crippen molar-refractivity contribution in [3.05, 3.63) is 67.0 Å². The Morgan fingerprint density at radius 1 is 0.750 bits per heavy atom. The molecule has 1 aromatic heterocycles. The van der Waals surface area contributed by atoms with Crippen LogP contribution >= 0.6 is 0 Å². The van der Waals surface area contributed by atoms with E-state index in [0.717, 1.165) is 10.8 Å². The van der Waals surface area contributed by atoms with Gasteiger partial charge in [0.05, 0.1) is 0 Å². The van der Waals surface area contributed by atoms with E-state index < -0.39 is 0 Å². The Hall–Kier alpha value is -2.22. The van der Waals surface area contributed by atoms with E-state index >= 15 is 0 Å². The molecule has 16 heavy (non-hydrogen) atoms. The first-order valence-electron chi connectivity index (χ1n) is 5.12. The van der Waals surface area contributed by atoms with Gasteiger partial charge in [0.25, 0.3) is 0 Å². The fraction of sp³-hybridized carbons (Fsp3) is 0. The van der Waals surface area contributed by atoms with Gasteiger partial charge in [-0.05, 0) is 35.0 Å². The maximum Gasteiger partial charge on any atom is 0.116 e. The first-order chi connectivity index (χ1) is 7.86. The summed E-state index contributed by atoms with van der Waals surface area (Å²) in [5.41, 5.74) is 0. The predicted molar refractivity (Wildman–Crippen MR) is 66.4 cm³/mol. The highest BCUT2D eigenvalue weighted by Gasteiger charge is 1.91. The molecule has 0 fully saturated rings. The first kappa shape index (κ1) is 10.3. The number of hydrogen-bond donors (Lipinski definition) is 2. The molecule has 1 heterocycles. The Morgan fingerprint density at radius 3 is 2.06 bits per heavy atom. The van der Waals surface area contributed by atoms with E-state index in [1.807, 2.05) is 54.9 Å². The monoisotopic (exact) mass is 211 g/mol. The van der Waals surface area contributed by atoms with Gasteiger partial charge in [-0.15, -0.1) is 0 Å². The van der Waals surface area contributed by atoms with Gasteiger partial charge in [-0.1, -0.05) is 30.3 Å². The number of benzene rings is 2. The number of fused-ring (bicyclic) bond motifs is 1. The molecule has 2 aromatic carbocycles. The highest BCUT2D eigenvalue weighted by Crippen LogP contribution is 2.18. The van der Waals surface area contributed by atoms with Crippen molar-refractivity contribution < 1.29 is 5.11 Å². The quantitative estimate of drug-likeness (QED) is 0.586. The van der Waals surface area contributed by atoms with Crippen molar-refractivity contribution in [2.24, 2.45) is 0 Å². The number of H-pyrrole nitrogens is 1. The number of phenols is 1. The summed E-state index contributed by atoms with van der Waals surface area (Å²) < 4.78 is 0. The lowest BCUT2D eigenvalue weighted by atomic mass is 10.1. The average molecular weight is 211 g/mol. The molecular formula is C14H13NO. The van der Waals surface area contributed by atoms with Crippen LogP contribution in [0.4, 0.5) is 0 Å². The second-order valence-corrected chi connectivity index (χ2v) is 3.42. The SMILES string of the molecule is Oc1ccc2ccccc2c1.c1cc[nH]c1. The van der Waals surface area contributed by atoms with E-state index in [-0.39, 0.29) is 0 Å². The molecule has 80 valence electrons. The van der Waals surface area contributed by atoms with Gasteiger partial charge in [0.15, 0.2) is 0 Å². The Morgan fingerprint density at radius 2 is 1.44 bits per heavy atom. The zero-order valence-corrected chi connectivity index (χ0v) is 8.80. The highest BCUT2D eigenvalue weighted by molar-refractivity contribution is 5.83. The molecule has 0 saturated heterocycles. The third kappa shape index (κ3) is 2.64. The maximum absolute atomic E-state index is 9.13. The van der Waals surface area contributed by atoms with E-state index in [0.29, 0.717) is 5.75 Å². The molecule has 2 heteroatoms. The molecule has 3 rings (SSSR count). The summed E-state index contributed by atoms with van der Waals surface area (Å²) in [7, 11) is 0. The molecule has 2 nitrogen and oxygen atoms in total. The average Bonchev–Trinajstić information content (AvgIpc) is 2.87. The fourth-order valence-corrected chi connectivity index (χ4v) is 1.45. The van der Waals surface area contributed by atoms with Gasteiger partial charge in [-0.25, -0.2) is 0 Å². The van der Waals surface area contributed by atoms with Crippen LogP contribution in [0.3, 0.4) is 0 Å². The van der Waals surface area contributed by atoms with Crippen LogP contribution in [0.15, 0.2) is 67.0 Å². The molecule has 0 aliphatic rings. The molecular weight excluding hydrogens is 198 g/mol. The molecule has 3 aromatic rings. The van der Waals surface area contributed by atoms with Gasteiger partial charge < -0.3 is 10.1 Å². The molecule has 2 N–H and O–H groups in total. The number of aromatic nitrogens is 1. The molecule has 0 aliphatic heterocycles. The predicted octanol–water partition coefficient (Wildman–Crippen LogP) is 3.56. The van der Waals surface area contributed by atoms with Gasteiger partial charge in [0, 0.05) is 12.4 Å². The summed E-state index contributed by atoms with van der Waals surface area (Å²) in [5.74, 6) is 0.323. The van der Waals surface area contributed by atoms with E-state index in [4.69, 9.17) is 5.11 Å². The molecule has 0 atom stereocenters. The number of phenolic OH excluding ortho intramolecular Hbond substituents is 1. The van der Waals surface area contributed by atoms with Crippen molar-refractivity contribution in [2.45, 2.75) is 0 Å². The third-order valence-corrected chi connectivity index (χ3v) is 2.23. The Balaban J connectivity index is 0.000000162. The van der Waals surface area contributed by atoms with Gasteiger partial charge >= 0.3 is 0 Å². The van der Waals surface area contributed by atoms with Crippen LogP contribution in [0.5, 0.6) is 5.75 Å². The highest BCUT2D eigenvalue weighted by atomic mass is 16.3. The van der Waals surface area contributed by atoms with E-state index in [1.165, 1.54) is 0 Å². The summed E-state index contributed by atoms with van der Waals surface area (Å²) in [5, 5.41) is 11.4. The molecule has 0 radical (unpaired) electrons. The van der Waals surface area contributed by atoms with Crippen LogP contribution in [-0.2, 0) is 0 Å². The summed E-state index contributed by atoms with van der Waals surface area (Å²) in [6.45, 7) is 0. The molecule has 0 unspecified atom stereocenters. The van der Waals surface area contributed by atoms with Crippen molar-refractivity contribution >= 4 is 10.8 Å². The van der Waals surface area contributed by atoms with Crippen molar-refractivity contribution in [2.75, 3.05) is 0 Å². The normalized spacial score (nSPS) is 9.50. The minimum Gasteiger partial charge on any atom is -0.508 e. The van der Waals surface area contributed by atoms with Crippen molar-refractivity contribution in [1.29, 1.82) is 0 Å².